The number of para-hydroxylation sites is 3. The van der Waals surface area contributed by atoms with Crippen molar-refractivity contribution in [2.24, 2.45) is 0 Å². The van der Waals surface area contributed by atoms with E-state index < -0.39 is 0 Å². The van der Waals surface area contributed by atoms with Crippen molar-refractivity contribution in [3.8, 4) is 5.69 Å². The monoisotopic (exact) mass is 702 g/mol. The molecule has 55 heavy (non-hydrogen) atoms. The van der Waals surface area contributed by atoms with E-state index in [2.05, 4.69) is 217 Å². The summed E-state index contributed by atoms with van der Waals surface area (Å²) in [4.78, 5) is 2.39. The largest absolute Gasteiger partial charge is 0.310 e. The molecule has 1 aromatic heterocycles. The van der Waals surface area contributed by atoms with Gasteiger partial charge in [0.05, 0.1) is 16.7 Å². The van der Waals surface area contributed by atoms with Gasteiger partial charge in [-0.2, -0.15) is 0 Å². The number of benzene rings is 9. The Kier molecular flexibility index (Phi) is 6.93. The zero-order valence-corrected chi connectivity index (χ0v) is 30.9. The molecule has 1 aliphatic carbocycles. The lowest BCUT2D eigenvalue weighted by atomic mass is 9.81. The summed E-state index contributed by atoms with van der Waals surface area (Å²) in [6, 6.07) is 66.6. The number of hydrogen-bond acceptors (Lipinski definition) is 1. The smallest absolute Gasteiger partial charge is 0.0541 e. The summed E-state index contributed by atoms with van der Waals surface area (Å²) < 4.78 is 2.38. The minimum atomic E-state index is -0.0395. The predicted molar refractivity (Wildman–Crippen MR) is 235 cm³/mol. The second-order valence-electron chi connectivity index (χ2n) is 15.4. The zero-order valence-electron chi connectivity index (χ0n) is 30.9. The number of anilines is 3. The van der Waals surface area contributed by atoms with Gasteiger partial charge in [0.1, 0.15) is 0 Å². The van der Waals surface area contributed by atoms with Crippen LogP contribution in [0.25, 0.3) is 72.0 Å². The molecule has 0 atom stereocenters. The van der Waals surface area contributed by atoms with E-state index in [1.807, 2.05) is 0 Å². The summed E-state index contributed by atoms with van der Waals surface area (Å²) in [5, 5.41) is 10.4. The highest BCUT2D eigenvalue weighted by Crippen LogP contribution is 2.49. The molecule has 0 radical (unpaired) electrons. The normalized spacial score (nSPS) is 13.3. The fourth-order valence-electron chi connectivity index (χ4n) is 9.31. The lowest BCUT2D eigenvalue weighted by molar-refractivity contribution is 0.662. The third-order valence-electron chi connectivity index (χ3n) is 11.9. The maximum atomic E-state index is 2.41. The van der Waals surface area contributed by atoms with Crippen molar-refractivity contribution in [2.45, 2.75) is 19.3 Å². The van der Waals surface area contributed by atoms with Gasteiger partial charge in [0.2, 0.25) is 0 Å². The van der Waals surface area contributed by atoms with Crippen molar-refractivity contribution in [2.75, 3.05) is 4.90 Å². The average Bonchev–Trinajstić information content (AvgIpc) is 3.69. The maximum Gasteiger partial charge on any atom is 0.0541 e. The molecule has 0 saturated carbocycles. The first-order chi connectivity index (χ1) is 27.0. The minimum Gasteiger partial charge on any atom is -0.310 e. The number of nitrogens with zero attached hydrogens (tertiary/aromatic N) is 2. The standard InChI is InChI=1S/C53H38N2/c1-53(2)46-20-12-13-37-25-26-38-33-35(34-47(53)52(38)51(37)46)23-24-36-27-32-50(43-17-7-6-16-42(36)43)54(39-14-4-3-5-15-39)40-28-30-41(31-29-40)55-48-21-10-8-18-44(48)45-19-9-11-22-49(45)55/h3-34H,1-2H3/b24-23+. The summed E-state index contributed by atoms with van der Waals surface area (Å²) in [6.07, 6.45) is 4.59. The molecular weight excluding hydrogens is 665 g/mol. The van der Waals surface area contributed by atoms with E-state index in [0.29, 0.717) is 0 Å². The molecule has 0 aliphatic heterocycles. The lowest BCUT2D eigenvalue weighted by Gasteiger charge is -2.27. The van der Waals surface area contributed by atoms with Crippen LogP contribution in [0.5, 0.6) is 0 Å². The SMILES string of the molecule is CC1(C)c2cccc3ccc4cc(/C=C/c5ccc(N(c6ccccc6)c6ccc(-n7c8ccccc8c8ccccc87)cc6)c6ccccc56)cc1c4c23. The fourth-order valence-corrected chi connectivity index (χ4v) is 9.31. The molecule has 0 bridgehead atoms. The van der Waals surface area contributed by atoms with Crippen LogP contribution in [-0.4, -0.2) is 4.57 Å². The van der Waals surface area contributed by atoms with Crippen LogP contribution in [0.3, 0.4) is 0 Å². The molecule has 2 heteroatoms. The van der Waals surface area contributed by atoms with Crippen molar-refractivity contribution in [1.29, 1.82) is 0 Å². The number of hydrogen-bond donors (Lipinski definition) is 0. The molecule has 1 heterocycles. The predicted octanol–water partition coefficient (Wildman–Crippen LogP) is 14.5. The van der Waals surface area contributed by atoms with Crippen molar-refractivity contribution in [1.82, 2.24) is 4.57 Å². The Morgan fingerprint density at radius 1 is 0.455 bits per heavy atom. The lowest BCUT2D eigenvalue weighted by Crippen LogP contribution is -2.15. The van der Waals surface area contributed by atoms with Gasteiger partial charge < -0.3 is 9.47 Å². The van der Waals surface area contributed by atoms with Crippen molar-refractivity contribution >= 4 is 83.3 Å². The average molecular weight is 703 g/mol. The second-order valence-corrected chi connectivity index (χ2v) is 15.4. The van der Waals surface area contributed by atoms with Crippen molar-refractivity contribution < 1.29 is 0 Å². The van der Waals surface area contributed by atoms with E-state index in [9.17, 15) is 0 Å². The first-order valence-corrected chi connectivity index (χ1v) is 19.2. The Hall–Kier alpha value is -6.90. The Labute approximate surface area is 320 Å². The molecule has 11 rings (SSSR count). The number of aromatic nitrogens is 1. The molecule has 2 nitrogen and oxygen atoms in total. The molecule has 0 fully saturated rings. The highest BCUT2D eigenvalue weighted by Gasteiger charge is 2.34. The molecule has 10 aromatic rings. The van der Waals surface area contributed by atoms with E-state index in [0.717, 1.165) is 22.7 Å². The topological polar surface area (TPSA) is 8.17 Å². The Morgan fingerprint density at radius 2 is 1.07 bits per heavy atom. The van der Waals surface area contributed by atoms with E-state index in [1.165, 1.54) is 76.4 Å². The quantitative estimate of drug-likeness (QED) is 0.124. The summed E-state index contributed by atoms with van der Waals surface area (Å²) in [5.41, 5.74) is 12.2. The van der Waals surface area contributed by atoms with Crippen molar-refractivity contribution in [3.63, 3.8) is 0 Å². The fraction of sp³-hybridized carbons (Fsp3) is 0.0566. The van der Waals surface area contributed by atoms with Gasteiger partial charge in [0, 0.05) is 38.6 Å². The molecule has 260 valence electrons. The molecule has 0 spiro atoms. The second kappa shape index (κ2) is 12.1. The van der Waals surface area contributed by atoms with Crippen LogP contribution in [0.1, 0.15) is 36.1 Å². The first-order valence-electron chi connectivity index (χ1n) is 19.2. The first kappa shape index (κ1) is 31.6. The van der Waals surface area contributed by atoms with Gasteiger partial charge in [-0.3, -0.25) is 0 Å². The van der Waals surface area contributed by atoms with E-state index in [1.54, 1.807) is 0 Å². The van der Waals surface area contributed by atoms with Gasteiger partial charge in [0.15, 0.2) is 0 Å². The van der Waals surface area contributed by atoms with Crippen LogP contribution in [0.15, 0.2) is 182 Å². The number of rotatable bonds is 6. The molecule has 0 N–H and O–H groups in total. The molecule has 9 aromatic carbocycles. The molecular formula is C53H38N2. The van der Waals surface area contributed by atoms with Crippen LogP contribution >= 0.6 is 0 Å². The van der Waals surface area contributed by atoms with E-state index >= 15 is 0 Å². The van der Waals surface area contributed by atoms with Gasteiger partial charge in [-0.25, -0.2) is 0 Å². The Morgan fingerprint density at radius 3 is 1.82 bits per heavy atom. The van der Waals surface area contributed by atoms with Gasteiger partial charge in [-0.1, -0.05) is 147 Å². The highest BCUT2D eigenvalue weighted by molar-refractivity contribution is 6.15. The summed E-state index contributed by atoms with van der Waals surface area (Å²) >= 11 is 0. The summed E-state index contributed by atoms with van der Waals surface area (Å²) in [5.74, 6) is 0. The van der Waals surface area contributed by atoms with E-state index in [4.69, 9.17) is 0 Å². The van der Waals surface area contributed by atoms with Gasteiger partial charge in [-0.05, 0) is 110 Å². The summed E-state index contributed by atoms with van der Waals surface area (Å²) in [7, 11) is 0. The maximum absolute atomic E-state index is 2.41. The van der Waals surface area contributed by atoms with Gasteiger partial charge in [-0.15, -0.1) is 0 Å². The van der Waals surface area contributed by atoms with Crippen LogP contribution in [0, 0.1) is 0 Å². The van der Waals surface area contributed by atoms with Crippen LogP contribution in [-0.2, 0) is 5.41 Å². The van der Waals surface area contributed by atoms with Crippen molar-refractivity contribution in [3.05, 3.63) is 204 Å². The zero-order chi connectivity index (χ0) is 36.7. The van der Waals surface area contributed by atoms with Crippen LogP contribution in [0.2, 0.25) is 0 Å². The van der Waals surface area contributed by atoms with Crippen LogP contribution < -0.4 is 4.90 Å². The third kappa shape index (κ3) is 4.81. The Bertz CT molecular complexity index is 3110. The molecule has 0 amide bonds. The molecule has 1 aliphatic rings. The molecule has 0 saturated heterocycles. The summed E-state index contributed by atoms with van der Waals surface area (Å²) in [6.45, 7) is 4.74. The van der Waals surface area contributed by atoms with Crippen LogP contribution in [0.4, 0.5) is 17.1 Å². The number of fused-ring (bicyclic) bond motifs is 4. The molecule has 0 unspecified atom stereocenters. The third-order valence-corrected chi connectivity index (χ3v) is 11.9. The minimum absolute atomic E-state index is 0.0395. The highest BCUT2D eigenvalue weighted by atomic mass is 15.1. The Balaban J connectivity index is 1.01. The van der Waals surface area contributed by atoms with E-state index in [-0.39, 0.29) is 5.41 Å². The van der Waals surface area contributed by atoms with Gasteiger partial charge in [0.25, 0.3) is 0 Å². The van der Waals surface area contributed by atoms with Gasteiger partial charge >= 0.3 is 0 Å².